The van der Waals surface area contributed by atoms with E-state index in [0.717, 1.165) is 56.5 Å². The average molecular weight is 275 g/mol. The van der Waals surface area contributed by atoms with E-state index < -0.39 is 5.97 Å². The summed E-state index contributed by atoms with van der Waals surface area (Å²) < 4.78 is 0. The molecule has 2 unspecified atom stereocenters. The van der Waals surface area contributed by atoms with Crippen LogP contribution in [0.4, 0.5) is 5.82 Å². The molecule has 5 nitrogen and oxygen atoms in total. The minimum atomic E-state index is -0.649. The van der Waals surface area contributed by atoms with E-state index in [1.165, 1.54) is 5.56 Å². The van der Waals surface area contributed by atoms with Gasteiger partial charge >= 0.3 is 5.97 Å². The third kappa shape index (κ3) is 2.62. The Morgan fingerprint density at radius 1 is 1.25 bits per heavy atom. The average Bonchev–Trinajstić information content (AvgIpc) is 2.94. The number of nitrogens with zero attached hydrogens (tertiary/aromatic N) is 2. The molecular formula is C15H21N3O2. The topological polar surface area (TPSA) is 75.1 Å². The summed E-state index contributed by atoms with van der Waals surface area (Å²) in [5, 5.41) is 12.7. The van der Waals surface area contributed by atoms with Crippen LogP contribution in [0.5, 0.6) is 0 Å². The molecule has 2 aliphatic rings. The van der Waals surface area contributed by atoms with Crippen LogP contribution in [0.1, 0.15) is 43.4 Å². The van der Waals surface area contributed by atoms with E-state index in [9.17, 15) is 9.90 Å². The molecule has 0 spiro atoms. The summed E-state index contributed by atoms with van der Waals surface area (Å²) in [6.07, 6.45) is 8.81. The fraction of sp³-hybridized carbons (Fsp3) is 0.667. The minimum Gasteiger partial charge on any atom is -0.481 e. The Hall–Kier alpha value is -1.65. The first-order chi connectivity index (χ1) is 9.75. The minimum absolute atomic E-state index is 0.203. The van der Waals surface area contributed by atoms with Crippen LogP contribution in [0, 0.1) is 11.8 Å². The second kappa shape index (κ2) is 5.77. The standard InChI is InChI=1S/C15H21N3O2/c19-15(20)11-5-2-1-4-10(11)8-16-14-12-6-3-7-13(12)17-9-18-14/h9-11H,1-8H2,(H,19,20)(H,16,17,18). The summed E-state index contributed by atoms with van der Waals surface area (Å²) in [7, 11) is 0. The Kier molecular flexibility index (Phi) is 3.85. The number of carboxylic acid groups (broad SMARTS) is 1. The van der Waals surface area contributed by atoms with Crippen molar-refractivity contribution in [2.75, 3.05) is 11.9 Å². The summed E-state index contributed by atoms with van der Waals surface area (Å²) in [5.74, 6) is 0.283. The number of anilines is 1. The van der Waals surface area contributed by atoms with E-state index in [2.05, 4.69) is 15.3 Å². The number of carbonyl (C=O) groups is 1. The normalized spacial score (nSPS) is 25.2. The van der Waals surface area contributed by atoms with Crippen molar-refractivity contribution in [3.63, 3.8) is 0 Å². The van der Waals surface area contributed by atoms with Crippen LogP contribution < -0.4 is 5.32 Å². The van der Waals surface area contributed by atoms with Crippen molar-refractivity contribution in [2.45, 2.75) is 44.9 Å². The molecule has 0 amide bonds. The molecule has 1 aromatic heterocycles. The van der Waals surface area contributed by atoms with Gasteiger partial charge in [0.1, 0.15) is 12.1 Å². The highest BCUT2D eigenvalue weighted by Crippen LogP contribution is 2.31. The molecule has 0 aliphatic heterocycles. The second-order valence-electron chi connectivity index (χ2n) is 5.87. The summed E-state index contributed by atoms with van der Waals surface area (Å²) in [6, 6.07) is 0. The highest BCUT2D eigenvalue weighted by atomic mass is 16.4. The van der Waals surface area contributed by atoms with E-state index in [1.807, 2.05) is 0 Å². The van der Waals surface area contributed by atoms with Gasteiger partial charge in [-0.2, -0.15) is 0 Å². The van der Waals surface area contributed by atoms with Crippen molar-refractivity contribution in [1.29, 1.82) is 0 Å². The number of fused-ring (bicyclic) bond motifs is 1. The van der Waals surface area contributed by atoms with Gasteiger partial charge < -0.3 is 10.4 Å². The van der Waals surface area contributed by atoms with Gasteiger partial charge in [-0.05, 0) is 38.0 Å². The Bertz CT molecular complexity index is 504. The Labute approximate surface area is 118 Å². The molecule has 108 valence electrons. The lowest BCUT2D eigenvalue weighted by molar-refractivity contribution is -0.144. The van der Waals surface area contributed by atoms with Crippen LogP contribution in [-0.2, 0) is 17.6 Å². The molecule has 1 heterocycles. The maximum absolute atomic E-state index is 11.3. The number of hydrogen-bond donors (Lipinski definition) is 2. The third-order valence-electron chi connectivity index (χ3n) is 4.63. The van der Waals surface area contributed by atoms with Gasteiger partial charge in [0.15, 0.2) is 0 Å². The van der Waals surface area contributed by atoms with E-state index >= 15 is 0 Å². The fourth-order valence-electron chi connectivity index (χ4n) is 3.52. The molecule has 2 N–H and O–H groups in total. The lowest BCUT2D eigenvalue weighted by Gasteiger charge is -2.29. The summed E-state index contributed by atoms with van der Waals surface area (Å²) in [5.41, 5.74) is 2.39. The molecule has 20 heavy (non-hydrogen) atoms. The van der Waals surface area contributed by atoms with Crippen LogP contribution in [0.15, 0.2) is 6.33 Å². The predicted octanol–water partition coefficient (Wildman–Crippen LogP) is 2.27. The number of hydrogen-bond acceptors (Lipinski definition) is 4. The number of rotatable bonds is 4. The van der Waals surface area contributed by atoms with E-state index in [1.54, 1.807) is 6.33 Å². The van der Waals surface area contributed by atoms with Crippen molar-refractivity contribution in [3.05, 3.63) is 17.6 Å². The Morgan fingerprint density at radius 3 is 2.95 bits per heavy atom. The number of aryl methyl sites for hydroxylation is 1. The first kappa shape index (κ1) is 13.3. The molecule has 5 heteroatoms. The maximum atomic E-state index is 11.3. The van der Waals surface area contributed by atoms with Gasteiger partial charge in [-0.3, -0.25) is 4.79 Å². The number of aliphatic carboxylic acids is 1. The maximum Gasteiger partial charge on any atom is 0.306 e. The highest BCUT2D eigenvalue weighted by molar-refractivity contribution is 5.70. The molecule has 2 aliphatic carbocycles. The van der Waals surface area contributed by atoms with Crippen LogP contribution in [0.2, 0.25) is 0 Å². The lowest BCUT2D eigenvalue weighted by atomic mass is 9.79. The van der Waals surface area contributed by atoms with E-state index in [4.69, 9.17) is 0 Å². The fourth-order valence-corrected chi connectivity index (χ4v) is 3.52. The first-order valence-electron chi connectivity index (χ1n) is 7.55. The van der Waals surface area contributed by atoms with Crippen LogP contribution in [-0.4, -0.2) is 27.6 Å². The molecule has 0 saturated heterocycles. The smallest absolute Gasteiger partial charge is 0.306 e. The zero-order valence-corrected chi connectivity index (χ0v) is 11.6. The van der Waals surface area contributed by atoms with Crippen molar-refractivity contribution < 1.29 is 9.90 Å². The zero-order chi connectivity index (χ0) is 13.9. The van der Waals surface area contributed by atoms with Crippen LogP contribution in [0.25, 0.3) is 0 Å². The molecule has 0 bridgehead atoms. The van der Waals surface area contributed by atoms with Gasteiger partial charge in [0.05, 0.1) is 5.92 Å². The molecule has 2 atom stereocenters. The Balaban J connectivity index is 1.67. The largest absolute Gasteiger partial charge is 0.481 e. The van der Waals surface area contributed by atoms with Crippen molar-refractivity contribution in [1.82, 2.24) is 9.97 Å². The van der Waals surface area contributed by atoms with E-state index in [-0.39, 0.29) is 11.8 Å². The zero-order valence-electron chi connectivity index (χ0n) is 11.6. The molecule has 0 radical (unpaired) electrons. The lowest BCUT2D eigenvalue weighted by Crippen LogP contribution is -2.32. The van der Waals surface area contributed by atoms with Gasteiger partial charge in [0, 0.05) is 17.8 Å². The first-order valence-corrected chi connectivity index (χ1v) is 7.55. The van der Waals surface area contributed by atoms with Crippen LogP contribution in [0.3, 0.4) is 0 Å². The predicted molar refractivity (Wildman–Crippen MR) is 75.6 cm³/mol. The van der Waals surface area contributed by atoms with Crippen molar-refractivity contribution >= 4 is 11.8 Å². The van der Waals surface area contributed by atoms with E-state index in [0.29, 0.717) is 6.54 Å². The third-order valence-corrected chi connectivity index (χ3v) is 4.63. The number of carboxylic acids is 1. The summed E-state index contributed by atoms with van der Waals surface area (Å²) in [6.45, 7) is 0.709. The van der Waals surface area contributed by atoms with Gasteiger partial charge in [0.25, 0.3) is 0 Å². The molecule has 0 aromatic carbocycles. The van der Waals surface area contributed by atoms with Gasteiger partial charge in [0.2, 0.25) is 0 Å². The summed E-state index contributed by atoms with van der Waals surface area (Å²) >= 11 is 0. The number of nitrogens with one attached hydrogen (secondary N) is 1. The molecule has 1 fully saturated rings. The SMILES string of the molecule is O=C(O)C1CCCCC1CNc1ncnc2c1CCC2. The quantitative estimate of drug-likeness (QED) is 0.881. The Morgan fingerprint density at radius 2 is 2.10 bits per heavy atom. The van der Waals surface area contributed by atoms with Gasteiger partial charge in [-0.1, -0.05) is 12.8 Å². The highest BCUT2D eigenvalue weighted by Gasteiger charge is 2.30. The number of aromatic nitrogens is 2. The van der Waals surface area contributed by atoms with Crippen molar-refractivity contribution in [2.24, 2.45) is 11.8 Å². The van der Waals surface area contributed by atoms with Crippen LogP contribution >= 0.6 is 0 Å². The molecule has 3 rings (SSSR count). The van der Waals surface area contributed by atoms with Gasteiger partial charge in [-0.25, -0.2) is 9.97 Å². The molecule has 1 aromatic rings. The van der Waals surface area contributed by atoms with Gasteiger partial charge in [-0.15, -0.1) is 0 Å². The summed E-state index contributed by atoms with van der Waals surface area (Å²) in [4.78, 5) is 20.0. The monoisotopic (exact) mass is 275 g/mol. The van der Waals surface area contributed by atoms with Crippen molar-refractivity contribution in [3.8, 4) is 0 Å². The second-order valence-corrected chi connectivity index (χ2v) is 5.87. The molecular weight excluding hydrogens is 254 g/mol. The molecule has 1 saturated carbocycles.